The second kappa shape index (κ2) is 4.09. The van der Waals surface area contributed by atoms with Crippen LogP contribution in [0.5, 0.6) is 0 Å². The molecule has 1 N–H and O–H groups in total. The molecular formula is C15H8F3N3O. The van der Waals surface area contributed by atoms with Crippen molar-refractivity contribution < 1.29 is 13.2 Å². The van der Waals surface area contributed by atoms with E-state index in [0.717, 1.165) is 12.1 Å². The average Bonchev–Trinajstić information content (AvgIpc) is 2.84. The van der Waals surface area contributed by atoms with E-state index in [4.69, 9.17) is 0 Å². The van der Waals surface area contributed by atoms with E-state index < -0.39 is 17.3 Å². The number of alkyl halides is 3. The zero-order chi connectivity index (χ0) is 15.5. The molecular weight excluding hydrogens is 295 g/mol. The van der Waals surface area contributed by atoms with E-state index in [1.165, 1.54) is 10.5 Å². The fraction of sp³-hybridized carbons (Fsp3) is 0.0667. The van der Waals surface area contributed by atoms with Crippen LogP contribution in [0.4, 0.5) is 13.2 Å². The van der Waals surface area contributed by atoms with Crippen LogP contribution < -0.4 is 5.56 Å². The van der Waals surface area contributed by atoms with Gasteiger partial charge in [0.05, 0.1) is 27.5 Å². The van der Waals surface area contributed by atoms with Crippen molar-refractivity contribution in [2.75, 3.05) is 0 Å². The zero-order valence-corrected chi connectivity index (χ0v) is 11.0. The van der Waals surface area contributed by atoms with E-state index in [0.29, 0.717) is 11.0 Å². The van der Waals surface area contributed by atoms with Crippen LogP contribution in [0.3, 0.4) is 0 Å². The first kappa shape index (κ1) is 12.9. The maximum absolute atomic E-state index is 12.8. The molecule has 2 aromatic carbocycles. The molecule has 0 spiro atoms. The summed E-state index contributed by atoms with van der Waals surface area (Å²) in [5.41, 5.74) is 0.118. The molecule has 2 heterocycles. The fourth-order valence-corrected chi connectivity index (χ4v) is 2.57. The number of hydrogen-bond acceptors (Lipinski definition) is 2. The highest BCUT2D eigenvalue weighted by Crippen LogP contribution is 2.30. The monoisotopic (exact) mass is 303 g/mol. The van der Waals surface area contributed by atoms with Gasteiger partial charge < -0.3 is 4.98 Å². The molecule has 4 aromatic rings. The average molecular weight is 303 g/mol. The van der Waals surface area contributed by atoms with Crippen LogP contribution in [0.15, 0.2) is 47.3 Å². The minimum absolute atomic E-state index is 0.114. The van der Waals surface area contributed by atoms with Gasteiger partial charge in [-0.2, -0.15) is 13.2 Å². The van der Waals surface area contributed by atoms with Crippen LogP contribution in [-0.2, 0) is 6.18 Å². The van der Waals surface area contributed by atoms with Gasteiger partial charge in [0.2, 0.25) is 5.78 Å². The summed E-state index contributed by atoms with van der Waals surface area (Å²) in [7, 11) is 0. The molecule has 0 fully saturated rings. The number of H-pyrrole nitrogens is 1. The Morgan fingerprint density at radius 1 is 1.09 bits per heavy atom. The van der Waals surface area contributed by atoms with Crippen LogP contribution in [0, 0.1) is 0 Å². The number of aromatic amines is 1. The lowest BCUT2D eigenvalue weighted by Crippen LogP contribution is -2.15. The highest BCUT2D eigenvalue weighted by atomic mass is 19.4. The number of nitrogens with one attached hydrogen (secondary N) is 1. The number of rotatable bonds is 0. The highest BCUT2D eigenvalue weighted by Gasteiger charge is 2.30. The molecule has 0 bridgehead atoms. The largest absolute Gasteiger partial charge is 0.416 e. The Morgan fingerprint density at radius 3 is 2.64 bits per heavy atom. The first-order chi connectivity index (χ1) is 10.4. The summed E-state index contributed by atoms with van der Waals surface area (Å²) in [6, 6.07) is 10.0. The Labute approximate surface area is 120 Å². The molecule has 110 valence electrons. The second-order valence-corrected chi connectivity index (χ2v) is 4.95. The van der Waals surface area contributed by atoms with Gasteiger partial charge in [-0.1, -0.05) is 12.1 Å². The number of hydrogen-bond donors (Lipinski definition) is 1. The summed E-state index contributed by atoms with van der Waals surface area (Å²) in [6.07, 6.45) is -4.46. The molecule has 4 rings (SSSR count). The molecule has 0 aliphatic rings. The molecule has 4 nitrogen and oxygen atoms in total. The number of halogens is 3. The van der Waals surface area contributed by atoms with E-state index in [-0.39, 0.29) is 16.7 Å². The van der Waals surface area contributed by atoms with Crippen molar-refractivity contribution in [1.82, 2.24) is 14.4 Å². The van der Waals surface area contributed by atoms with Crippen LogP contribution >= 0.6 is 0 Å². The van der Waals surface area contributed by atoms with Crippen LogP contribution in [0.1, 0.15) is 5.56 Å². The Balaban J connectivity index is 2.16. The summed E-state index contributed by atoms with van der Waals surface area (Å²) < 4.78 is 39.7. The maximum Gasteiger partial charge on any atom is 0.416 e. The third-order valence-corrected chi connectivity index (χ3v) is 3.59. The van der Waals surface area contributed by atoms with Crippen LogP contribution in [0.2, 0.25) is 0 Å². The van der Waals surface area contributed by atoms with Crippen molar-refractivity contribution in [2.24, 2.45) is 0 Å². The van der Waals surface area contributed by atoms with Gasteiger partial charge >= 0.3 is 6.18 Å². The van der Waals surface area contributed by atoms with Crippen molar-refractivity contribution in [3.8, 4) is 0 Å². The molecule has 22 heavy (non-hydrogen) atoms. The van der Waals surface area contributed by atoms with Crippen molar-refractivity contribution >= 4 is 27.7 Å². The molecule has 0 saturated carbocycles. The molecule has 0 saturated heterocycles. The Hall–Kier alpha value is -2.83. The van der Waals surface area contributed by atoms with Gasteiger partial charge in [0.15, 0.2) is 0 Å². The lowest BCUT2D eigenvalue weighted by Gasteiger charge is -2.07. The molecule has 0 aliphatic carbocycles. The second-order valence-electron chi connectivity index (χ2n) is 4.95. The molecule has 0 aliphatic heterocycles. The molecule has 2 aromatic heterocycles. The van der Waals surface area contributed by atoms with Gasteiger partial charge in [-0.25, -0.2) is 9.38 Å². The standard InChI is InChI=1S/C15H8F3N3O/c16-15(17,18)8-5-6-9-11(7-8)20-14-19-10-3-1-2-4-12(10)21(14)13(9)22/h1-7H,(H,19,20). The fourth-order valence-electron chi connectivity index (χ4n) is 2.57. The van der Waals surface area contributed by atoms with Crippen molar-refractivity contribution in [3.05, 3.63) is 58.4 Å². The Morgan fingerprint density at radius 2 is 1.86 bits per heavy atom. The summed E-state index contributed by atoms with van der Waals surface area (Å²) in [5, 5.41) is 0.184. The van der Waals surface area contributed by atoms with Crippen LogP contribution in [0.25, 0.3) is 27.7 Å². The van der Waals surface area contributed by atoms with Gasteiger partial charge in [-0.05, 0) is 30.3 Å². The SMILES string of the molecule is O=c1c2ccc(C(F)(F)F)cc2[nH]c2nc3ccccc3n12. The van der Waals surface area contributed by atoms with Crippen molar-refractivity contribution in [2.45, 2.75) is 6.18 Å². The number of imidazole rings is 1. The van der Waals surface area contributed by atoms with E-state index in [9.17, 15) is 18.0 Å². The molecule has 7 heteroatoms. The summed E-state index contributed by atoms with van der Waals surface area (Å²) in [6.45, 7) is 0. The number of nitrogens with zero attached hydrogens (tertiary/aromatic N) is 2. The summed E-state index contributed by atoms with van der Waals surface area (Å²) >= 11 is 0. The van der Waals surface area contributed by atoms with Crippen molar-refractivity contribution in [3.63, 3.8) is 0 Å². The Kier molecular flexibility index (Phi) is 2.40. The number of aromatic nitrogens is 3. The number of benzene rings is 2. The molecule has 0 unspecified atom stereocenters. The van der Waals surface area contributed by atoms with E-state index in [1.54, 1.807) is 24.3 Å². The summed E-state index contributed by atoms with van der Waals surface area (Å²) in [4.78, 5) is 19.6. The van der Waals surface area contributed by atoms with Gasteiger partial charge in [-0.15, -0.1) is 0 Å². The smallest absolute Gasteiger partial charge is 0.324 e. The third kappa shape index (κ3) is 1.71. The first-order valence-corrected chi connectivity index (χ1v) is 6.45. The van der Waals surface area contributed by atoms with Gasteiger partial charge in [0.25, 0.3) is 5.56 Å². The van der Waals surface area contributed by atoms with Crippen molar-refractivity contribution in [1.29, 1.82) is 0 Å². The lowest BCUT2D eigenvalue weighted by atomic mass is 10.1. The quantitative estimate of drug-likeness (QED) is 0.541. The minimum Gasteiger partial charge on any atom is -0.324 e. The van der Waals surface area contributed by atoms with Gasteiger partial charge in [-0.3, -0.25) is 4.79 Å². The maximum atomic E-state index is 12.8. The van der Waals surface area contributed by atoms with E-state index >= 15 is 0 Å². The number of fused-ring (bicyclic) bond motifs is 4. The Bertz CT molecular complexity index is 1090. The predicted molar refractivity (Wildman–Crippen MR) is 75.8 cm³/mol. The lowest BCUT2D eigenvalue weighted by molar-refractivity contribution is -0.137. The van der Waals surface area contributed by atoms with Crippen LogP contribution in [-0.4, -0.2) is 14.4 Å². The number of para-hydroxylation sites is 2. The van der Waals surface area contributed by atoms with Gasteiger partial charge in [0.1, 0.15) is 0 Å². The topological polar surface area (TPSA) is 50.2 Å². The zero-order valence-electron chi connectivity index (χ0n) is 11.0. The highest BCUT2D eigenvalue weighted by molar-refractivity contribution is 5.85. The normalized spacial score (nSPS) is 12.5. The third-order valence-electron chi connectivity index (χ3n) is 3.59. The summed E-state index contributed by atoms with van der Waals surface area (Å²) in [5.74, 6) is 0.220. The molecule has 0 atom stereocenters. The predicted octanol–water partition coefficient (Wildman–Crippen LogP) is 3.35. The first-order valence-electron chi connectivity index (χ1n) is 6.45. The van der Waals surface area contributed by atoms with Gasteiger partial charge in [0, 0.05) is 0 Å². The molecule has 0 radical (unpaired) electrons. The van der Waals surface area contributed by atoms with E-state index in [1.807, 2.05) is 0 Å². The van der Waals surface area contributed by atoms with E-state index in [2.05, 4.69) is 9.97 Å². The minimum atomic E-state index is -4.46. The molecule has 0 amide bonds.